The highest BCUT2D eigenvalue weighted by atomic mass is 16.2. The van der Waals surface area contributed by atoms with Crippen LogP contribution in [-0.4, -0.2) is 47.8 Å². The van der Waals surface area contributed by atoms with Crippen molar-refractivity contribution in [2.45, 2.75) is 18.9 Å². The third kappa shape index (κ3) is 2.89. The molecule has 3 heterocycles. The van der Waals surface area contributed by atoms with Crippen molar-refractivity contribution in [1.29, 1.82) is 0 Å². The summed E-state index contributed by atoms with van der Waals surface area (Å²) >= 11 is 0. The fraction of sp³-hybridized carbons (Fsp3) is 0.412. The van der Waals surface area contributed by atoms with Crippen LogP contribution in [0.2, 0.25) is 0 Å². The fourth-order valence-electron chi connectivity index (χ4n) is 3.41. The Morgan fingerprint density at radius 3 is 2.68 bits per heavy atom. The van der Waals surface area contributed by atoms with Crippen molar-refractivity contribution < 1.29 is 9.59 Å². The summed E-state index contributed by atoms with van der Waals surface area (Å²) in [6.07, 6.45) is 2.12. The number of nitrogens with zero attached hydrogens (tertiary/aromatic N) is 3. The molecule has 2 amide bonds. The first-order valence-electron chi connectivity index (χ1n) is 8.44. The van der Waals surface area contributed by atoms with Gasteiger partial charge in [-0.15, -0.1) is 0 Å². The molecule has 1 aromatic carbocycles. The second kappa shape index (κ2) is 6.29. The first kappa shape index (κ1) is 15.8. The number of nitrogens with one attached hydrogen (secondary N) is 2. The van der Waals surface area contributed by atoms with Crippen molar-refractivity contribution in [2.24, 2.45) is 0 Å². The number of hydrogen-bond acceptors (Lipinski definition) is 6. The highest BCUT2D eigenvalue weighted by Gasteiger charge is 2.29. The summed E-state index contributed by atoms with van der Waals surface area (Å²) in [5.41, 5.74) is 0.757. The number of carbonyl (C=O) groups is 2. The van der Waals surface area contributed by atoms with Gasteiger partial charge in [0, 0.05) is 43.7 Å². The van der Waals surface area contributed by atoms with Crippen LogP contribution in [0, 0.1) is 0 Å². The van der Waals surface area contributed by atoms with E-state index in [0.29, 0.717) is 11.8 Å². The molecule has 0 bridgehead atoms. The molecule has 8 nitrogen and oxygen atoms in total. The Morgan fingerprint density at radius 2 is 1.92 bits per heavy atom. The van der Waals surface area contributed by atoms with Gasteiger partial charge < -0.3 is 10.2 Å². The maximum absolute atomic E-state index is 12.8. The average Bonchev–Trinajstić information content (AvgIpc) is 2.63. The van der Waals surface area contributed by atoms with Gasteiger partial charge in [0.1, 0.15) is 6.04 Å². The van der Waals surface area contributed by atoms with Gasteiger partial charge in [-0.2, -0.15) is 5.10 Å². The molecule has 1 aromatic heterocycles. The minimum absolute atomic E-state index is 0.213. The summed E-state index contributed by atoms with van der Waals surface area (Å²) in [6.45, 7) is 3.72. The Balaban J connectivity index is 1.70. The van der Waals surface area contributed by atoms with Crippen LogP contribution in [0.15, 0.2) is 29.2 Å². The molecule has 4 rings (SSSR count). The van der Waals surface area contributed by atoms with Crippen LogP contribution < -0.4 is 21.1 Å². The molecule has 2 aromatic rings. The molecule has 130 valence electrons. The molecule has 1 atom stereocenters. The number of rotatable bonds is 2. The lowest BCUT2D eigenvalue weighted by Gasteiger charge is -2.29. The molecule has 8 heteroatoms. The summed E-state index contributed by atoms with van der Waals surface area (Å²) in [5, 5.41) is 11.1. The fourth-order valence-corrected chi connectivity index (χ4v) is 3.41. The van der Waals surface area contributed by atoms with Crippen molar-refractivity contribution in [2.75, 3.05) is 31.1 Å². The first-order chi connectivity index (χ1) is 12.1. The molecule has 2 saturated heterocycles. The van der Waals surface area contributed by atoms with Crippen LogP contribution in [0.4, 0.5) is 5.69 Å². The first-order valence-corrected chi connectivity index (χ1v) is 8.44. The van der Waals surface area contributed by atoms with Gasteiger partial charge in [-0.3, -0.25) is 19.7 Å². The standard InChI is InChI=1S/C17H19N5O3/c23-15-4-3-14(16(24)20-15)22-17(25)13-2-1-12(9-11(13)10-19-22)21-7-5-18-6-8-21/h1-2,9-10,14,18H,3-8H2,(H,20,23,24)/t14-/m0/s1. The van der Waals surface area contributed by atoms with E-state index in [9.17, 15) is 14.4 Å². The Labute approximate surface area is 143 Å². The summed E-state index contributed by atoms with van der Waals surface area (Å²) in [6, 6.07) is 4.95. The number of benzene rings is 1. The Bertz CT molecular complexity index is 901. The number of piperidine rings is 1. The zero-order chi connectivity index (χ0) is 17.4. The van der Waals surface area contributed by atoms with Crippen molar-refractivity contribution >= 4 is 28.3 Å². The lowest BCUT2D eigenvalue weighted by Crippen LogP contribution is -2.45. The molecule has 0 radical (unpaired) electrons. The zero-order valence-corrected chi connectivity index (χ0v) is 13.7. The minimum Gasteiger partial charge on any atom is -0.369 e. The molecule has 2 aliphatic rings. The van der Waals surface area contributed by atoms with Crippen LogP contribution in [0.3, 0.4) is 0 Å². The van der Waals surface area contributed by atoms with Crippen molar-refractivity contribution in [3.05, 3.63) is 34.7 Å². The largest absolute Gasteiger partial charge is 0.369 e. The molecule has 2 fully saturated rings. The lowest BCUT2D eigenvalue weighted by molar-refractivity contribution is -0.136. The van der Waals surface area contributed by atoms with E-state index in [1.165, 1.54) is 4.68 Å². The van der Waals surface area contributed by atoms with Crippen LogP contribution in [0.25, 0.3) is 10.8 Å². The highest BCUT2D eigenvalue weighted by Crippen LogP contribution is 2.22. The smallest absolute Gasteiger partial charge is 0.275 e. The lowest BCUT2D eigenvalue weighted by atomic mass is 10.1. The van der Waals surface area contributed by atoms with Gasteiger partial charge >= 0.3 is 0 Å². The highest BCUT2D eigenvalue weighted by molar-refractivity contribution is 5.99. The third-order valence-electron chi connectivity index (χ3n) is 4.78. The summed E-state index contributed by atoms with van der Waals surface area (Å²) in [5.74, 6) is -0.779. The Morgan fingerprint density at radius 1 is 1.12 bits per heavy atom. The number of imide groups is 1. The second-order valence-electron chi connectivity index (χ2n) is 6.37. The summed E-state index contributed by atoms with van der Waals surface area (Å²) < 4.78 is 1.19. The minimum atomic E-state index is -0.734. The number of hydrogen-bond donors (Lipinski definition) is 2. The Kier molecular flexibility index (Phi) is 3.96. The van der Waals surface area contributed by atoms with E-state index in [2.05, 4.69) is 20.6 Å². The molecule has 2 N–H and O–H groups in total. The zero-order valence-electron chi connectivity index (χ0n) is 13.7. The number of piperazine rings is 1. The third-order valence-corrected chi connectivity index (χ3v) is 4.78. The molecule has 0 spiro atoms. The molecular formula is C17H19N5O3. The van der Waals surface area contributed by atoms with Crippen molar-refractivity contribution in [3.63, 3.8) is 0 Å². The van der Waals surface area contributed by atoms with Gasteiger partial charge in [0.2, 0.25) is 5.91 Å². The van der Waals surface area contributed by atoms with Gasteiger partial charge in [0.15, 0.2) is 0 Å². The van der Waals surface area contributed by atoms with Crippen LogP contribution >= 0.6 is 0 Å². The monoisotopic (exact) mass is 341 g/mol. The van der Waals surface area contributed by atoms with Crippen LogP contribution in [-0.2, 0) is 9.59 Å². The van der Waals surface area contributed by atoms with Crippen molar-refractivity contribution in [1.82, 2.24) is 20.4 Å². The SMILES string of the molecule is O=C1CC[C@H](n2ncc3cc(N4CCNCC4)ccc3c2=O)C(=O)N1. The van der Waals surface area contributed by atoms with E-state index in [0.717, 1.165) is 37.3 Å². The topological polar surface area (TPSA) is 96.3 Å². The normalized spacial score (nSPS) is 21.4. The molecule has 0 saturated carbocycles. The van der Waals surface area contributed by atoms with E-state index in [1.807, 2.05) is 12.1 Å². The van der Waals surface area contributed by atoms with E-state index >= 15 is 0 Å². The van der Waals surface area contributed by atoms with Crippen LogP contribution in [0.1, 0.15) is 18.9 Å². The molecule has 0 unspecified atom stereocenters. The number of fused-ring (bicyclic) bond motifs is 1. The predicted octanol–water partition coefficient (Wildman–Crippen LogP) is -0.216. The van der Waals surface area contributed by atoms with E-state index in [-0.39, 0.29) is 17.9 Å². The maximum atomic E-state index is 12.8. The van der Waals surface area contributed by atoms with Crippen molar-refractivity contribution in [3.8, 4) is 0 Å². The van der Waals surface area contributed by atoms with Gasteiger partial charge in [0.25, 0.3) is 11.5 Å². The van der Waals surface area contributed by atoms with E-state index < -0.39 is 11.9 Å². The number of aromatic nitrogens is 2. The summed E-state index contributed by atoms with van der Waals surface area (Å²) in [4.78, 5) is 38.3. The quantitative estimate of drug-likeness (QED) is 0.734. The predicted molar refractivity (Wildman–Crippen MR) is 92.5 cm³/mol. The van der Waals surface area contributed by atoms with E-state index in [1.54, 1.807) is 12.3 Å². The van der Waals surface area contributed by atoms with Gasteiger partial charge in [-0.05, 0) is 24.6 Å². The number of carbonyl (C=O) groups excluding carboxylic acids is 2. The number of anilines is 1. The summed E-state index contributed by atoms with van der Waals surface area (Å²) in [7, 11) is 0. The van der Waals surface area contributed by atoms with Gasteiger partial charge in [0.05, 0.1) is 11.6 Å². The molecule has 0 aliphatic carbocycles. The Hall–Kier alpha value is -2.74. The second-order valence-corrected chi connectivity index (χ2v) is 6.37. The molecular weight excluding hydrogens is 322 g/mol. The molecule has 25 heavy (non-hydrogen) atoms. The maximum Gasteiger partial charge on any atom is 0.275 e. The van der Waals surface area contributed by atoms with Crippen LogP contribution in [0.5, 0.6) is 0 Å². The average molecular weight is 341 g/mol. The molecule has 2 aliphatic heterocycles. The van der Waals surface area contributed by atoms with E-state index in [4.69, 9.17) is 0 Å². The number of amides is 2. The van der Waals surface area contributed by atoms with Gasteiger partial charge in [-0.1, -0.05) is 0 Å². The van der Waals surface area contributed by atoms with Gasteiger partial charge in [-0.25, -0.2) is 4.68 Å².